The van der Waals surface area contributed by atoms with E-state index >= 15 is 0 Å². The Kier molecular flexibility index (Phi) is 5.49. The molecule has 112 valence electrons. The highest BCUT2D eigenvalue weighted by Gasteiger charge is 2.25. The number of nitrogens with one attached hydrogen (secondary N) is 1. The van der Waals surface area contributed by atoms with Gasteiger partial charge in [-0.1, -0.05) is 6.92 Å². The predicted molar refractivity (Wildman–Crippen MR) is 74.5 cm³/mol. The van der Waals surface area contributed by atoms with E-state index in [0.29, 0.717) is 11.3 Å². The minimum atomic E-state index is -3.74. The van der Waals surface area contributed by atoms with E-state index in [1.807, 2.05) is 5.43 Å². The number of aryl methyl sites for hydroxylation is 1. The molecule has 0 aromatic heterocycles. The summed E-state index contributed by atoms with van der Waals surface area (Å²) in [6.45, 7) is 3.25. The number of ether oxygens (including phenoxy) is 1. The van der Waals surface area contributed by atoms with Crippen LogP contribution in [0.5, 0.6) is 5.75 Å². The van der Waals surface area contributed by atoms with Gasteiger partial charge in [0.2, 0.25) is 15.9 Å². The summed E-state index contributed by atoms with van der Waals surface area (Å²) in [4.78, 5) is 11.4. The molecule has 1 aromatic rings. The number of hydrogen-bond donors (Lipinski definition) is 2. The lowest BCUT2D eigenvalue weighted by atomic mass is 10.2. The van der Waals surface area contributed by atoms with E-state index in [0.717, 1.165) is 4.31 Å². The van der Waals surface area contributed by atoms with E-state index in [1.165, 1.54) is 19.2 Å². The zero-order valence-electron chi connectivity index (χ0n) is 11.7. The lowest BCUT2D eigenvalue weighted by Gasteiger charge is -2.20. The zero-order chi connectivity index (χ0) is 15.3. The molecule has 0 radical (unpaired) electrons. The van der Waals surface area contributed by atoms with Gasteiger partial charge in [-0.2, -0.15) is 4.31 Å². The average Bonchev–Trinajstić information content (AvgIpc) is 2.43. The van der Waals surface area contributed by atoms with E-state index in [-0.39, 0.29) is 18.0 Å². The number of methoxy groups -OCH3 is 1. The van der Waals surface area contributed by atoms with Crippen LogP contribution in [0.3, 0.4) is 0 Å². The number of carbonyl (C=O) groups is 1. The molecule has 3 N–H and O–H groups in total. The van der Waals surface area contributed by atoms with Crippen molar-refractivity contribution in [1.82, 2.24) is 9.73 Å². The van der Waals surface area contributed by atoms with Crippen molar-refractivity contribution in [2.45, 2.75) is 18.7 Å². The molecule has 0 heterocycles. The molecular weight excluding hydrogens is 282 g/mol. The van der Waals surface area contributed by atoms with E-state index in [9.17, 15) is 13.2 Å². The molecule has 8 heteroatoms. The first kappa shape index (κ1) is 16.4. The zero-order valence-corrected chi connectivity index (χ0v) is 12.5. The highest BCUT2D eigenvalue weighted by molar-refractivity contribution is 7.89. The molecule has 0 atom stereocenters. The van der Waals surface area contributed by atoms with Crippen LogP contribution in [0.15, 0.2) is 23.1 Å². The van der Waals surface area contributed by atoms with Crippen LogP contribution >= 0.6 is 0 Å². The molecule has 0 spiro atoms. The number of nitrogens with zero attached hydrogens (tertiary/aromatic N) is 1. The average molecular weight is 301 g/mol. The minimum Gasteiger partial charge on any atom is -0.496 e. The topological polar surface area (TPSA) is 102 Å². The van der Waals surface area contributed by atoms with Crippen molar-refractivity contribution in [1.29, 1.82) is 0 Å². The monoisotopic (exact) mass is 301 g/mol. The number of carbonyl (C=O) groups excluding carboxylic acids is 1. The van der Waals surface area contributed by atoms with Crippen molar-refractivity contribution in [2.75, 3.05) is 20.2 Å². The molecular formula is C12H19N3O4S. The number of rotatable bonds is 6. The maximum atomic E-state index is 12.4. The fourth-order valence-corrected chi connectivity index (χ4v) is 3.22. The number of nitrogens with two attached hydrogens (primary N) is 1. The Balaban J connectivity index is 3.14. The van der Waals surface area contributed by atoms with Crippen molar-refractivity contribution in [3.05, 3.63) is 23.8 Å². The Hall–Kier alpha value is -1.64. The Morgan fingerprint density at radius 1 is 1.45 bits per heavy atom. The third-order valence-corrected chi connectivity index (χ3v) is 4.75. The summed E-state index contributed by atoms with van der Waals surface area (Å²) in [6.07, 6.45) is 0. The third kappa shape index (κ3) is 3.47. The summed E-state index contributed by atoms with van der Waals surface area (Å²) < 4.78 is 31.0. The summed E-state index contributed by atoms with van der Waals surface area (Å²) in [5, 5.41) is 0. The van der Waals surface area contributed by atoms with Gasteiger partial charge in [0.1, 0.15) is 5.75 Å². The lowest BCUT2D eigenvalue weighted by molar-refractivity contribution is -0.121. The molecule has 7 nitrogen and oxygen atoms in total. The first-order valence-corrected chi connectivity index (χ1v) is 7.45. The Morgan fingerprint density at radius 2 is 2.10 bits per heavy atom. The second kappa shape index (κ2) is 6.69. The Labute approximate surface area is 118 Å². The van der Waals surface area contributed by atoms with Gasteiger partial charge in [0.25, 0.3) is 0 Å². The molecule has 0 aliphatic rings. The van der Waals surface area contributed by atoms with Crippen LogP contribution < -0.4 is 16.0 Å². The molecule has 0 saturated heterocycles. The molecule has 0 bridgehead atoms. The van der Waals surface area contributed by atoms with Crippen LogP contribution in [0, 0.1) is 6.92 Å². The molecule has 0 fully saturated rings. The number of benzene rings is 1. The van der Waals surface area contributed by atoms with Crippen LogP contribution in [0.4, 0.5) is 0 Å². The second-order valence-electron chi connectivity index (χ2n) is 4.13. The first-order valence-electron chi connectivity index (χ1n) is 6.01. The van der Waals surface area contributed by atoms with E-state index in [4.69, 9.17) is 10.6 Å². The summed E-state index contributed by atoms with van der Waals surface area (Å²) in [7, 11) is -2.23. The number of likely N-dealkylation sites (N-methyl/N-ethyl adjacent to an activating group) is 1. The molecule has 1 amide bonds. The van der Waals surface area contributed by atoms with Crippen molar-refractivity contribution in [2.24, 2.45) is 5.84 Å². The molecule has 1 aromatic carbocycles. The van der Waals surface area contributed by atoms with Gasteiger partial charge in [0.05, 0.1) is 18.6 Å². The standard InChI is InChI=1S/C12H19N3O4S/c1-4-15(8-12(16)14-13)20(17,18)10-5-6-11(19-3)9(2)7-10/h5-7H,4,8,13H2,1-3H3,(H,14,16). The van der Waals surface area contributed by atoms with Crippen molar-refractivity contribution < 1.29 is 17.9 Å². The quantitative estimate of drug-likeness (QED) is 0.437. The summed E-state index contributed by atoms with van der Waals surface area (Å²) in [5.41, 5.74) is 2.62. The molecule has 1 rings (SSSR count). The van der Waals surface area contributed by atoms with Gasteiger partial charge in [-0.25, -0.2) is 14.3 Å². The summed E-state index contributed by atoms with van der Waals surface area (Å²) in [6, 6.07) is 4.54. The van der Waals surface area contributed by atoms with E-state index in [1.54, 1.807) is 19.9 Å². The fourth-order valence-electron chi connectivity index (χ4n) is 1.73. The predicted octanol–water partition coefficient (Wildman–Crippen LogP) is 0.00412. The van der Waals surface area contributed by atoms with Crippen LogP contribution in [0.1, 0.15) is 12.5 Å². The minimum absolute atomic E-state index is 0.113. The van der Waals surface area contributed by atoms with Gasteiger partial charge in [-0.3, -0.25) is 10.2 Å². The van der Waals surface area contributed by atoms with E-state index < -0.39 is 15.9 Å². The van der Waals surface area contributed by atoms with Gasteiger partial charge in [-0.05, 0) is 30.7 Å². The van der Waals surface area contributed by atoms with Gasteiger partial charge in [-0.15, -0.1) is 0 Å². The van der Waals surface area contributed by atoms with Gasteiger partial charge >= 0.3 is 0 Å². The molecule has 0 unspecified atom stereocenters. The van der Waals surface area contributed by atoms with Crippen molar-refractivity contribution >= 4 is 15.9 Å². The molecule has 20 heavy (non-hydrogen) atoms. The normalized spacial score (nSPS) is 11.4. The number of hydrogen-bond acceptors (Lipinski definition) is 5. The highest BCUT2D eigenvalue weighted by Crippen LogP contribution is 2.23. The SMILES string of the molecule is CCN(CC(=O)NN)S(=O)(=O)c1ccc(OC)c(C)c1. The molecule has 0 aliphatic carbocycles. The van der Waals surface area contributed by atoms with Crippen LogP contribution in [-0.4, -0.2) is 38.8 Å². The van der Waals surface area contributed by atoms with Crippen LogP contribution in [-0.2, 0) is 14.8 Å². The fraction of sp³-hybridized carbons (Fsp3) is 0.417. The van der Waals surface area contributed by atoms with Crippen LogP contribution in [0.25, 0.3) is 0 Å². The molecule has 0 saturated carbocycles. The number of hydrazine groups is 1. The smallest absolute Gasteiger partial charge is 0.249 e. The first-order chi connectivity index (χ1) is 9.36. The van der Waals surface area contributed by atoms with Crippen LogP contribution in [0.2, 0.25) is 0 Å². The Morgan fingerprint density at radius 3 is 2.55 bits per heavy atom. The second-order valence-corrected chi connectivity index (χ2v) is 6.07. The summed E-state index contributed by atoms with van der Waals surface area (Å²) >= 11 is 0. The summed E-state index contributed by atoms with van der Waals surface area (Å²) in [5.74, 6) is 5.02. The number of sulfonamides is 1. The molecule has 0 aliphatic heterocycles. The number of amides is 1. The van der Waals surface area contributed by atoms with Gasteiger partial charge < -0.3 is 4.74 Å². The van der Waals surface area contributed by atoms with Crippen molar-refractivity contribution in [3.63, 3.8) is 0 Å². The Bertz CT molecular complexity index is 586. The largest absolute Gasteiger partial charge is 0.496 e. The van der Waals surface area contributed by atoms with Crippen molar-refractivity contribution in [3.8, 4) is 5.75 Å². The highest BCUT2D eigenvalue weighted by atomic mass is 32.2. The maximum Gasteiger partial charge on any atom is 0.249 e. The van der Waals surface area contributed by atoms with Gasteiger partial charge in [0, 0.05) is 6.54 Å². The van der Waals surface area contributed by atoms with Gasteiger partial charge in [0.15, 0.2) is 0 Å². The third-order valence-electron chi connectivity index (χ3n) is 2.84. The van der Waals surface area contributed by atoms with E-state index in [2.05, 4.69) is 0 Å². The lowest BCUT2D eigenvalue weighted by Crippen LogP contribution is -2.42. The maximum absolute atomic E-state index is 12.4.